The fourth-order valence-corrected chi connectivity index (χ4v) is 1.63. The molecule has 1 aromatic rings. The molecule has 0 bridgehead atoms. The lowest BCUT2D eigenvalue weighted by atomic mass is 9.93. The Hall–Kier alpha value is -2.04. The second-order valence-corrected chi connectivity index (χ2v) is 5.74. The Labute approximate surface area is 125 Å². The molecule has 2 amide bonds. The van der Waals surface area contributed by atoms with Crippen LogP contribution in [0, 0.1) is 12.3 Å². The average Bonchev–Trinajstić information content (AvgIpc) is 2.43. The highest BCUT2D eigenvalue weighted by Gasteiger charge is 2.25. The predicted octanol–water partition coefficient (Wildman–Crippen LogP) is 1.78. The van der Waals surface area contributed by atoms with Gasteiger partial charge in [-0.1, -0.05) is 18.2 Å². The zero-order chi connectivity index (χ0) is 15.9. The van der Waals surface area contributed by atoms with Crippen molar-refractivity contribution in [2.45, 2.75) is 33.6 Å². The van der Waals surface area contributed by atoms with Crippen molar-refractivity contribution in [1.82, 2.24) is 5.32 Å². The number of amides is 2. The van der Waals surface area contributed by atoms with E-state index in [1.165, 1.54) is 0 Å². The molecule has 0 spiro atoms. The summed E-state index contributed by atoms with van der Waals surface area (Å²) in [6, 6.07) is 7.76. The van der Waals surface area contributed by atoms with Gasteiger partial charge in [-0.15, -0.1) is 0 Å². The van der Waals surface area contributed by atoms with Crippen LogP contribution in [0.5, 0.6) is 5.75 Å². The summed E-state index contributed by atoms with van der Waals surface area (Å²) < 4.78 is 5.62. The average molecular weight is 292 g/mol. The maximum Gasteiger partial charge on any atom is 0.224 e. The Morgan fingerprint density at radius 3 is 2.57 bits per heavy atom. The molecule has 1 rings (SSSR count). The van der Waals surface area contributed by atoms with Crippen molar-refractivity contribution in [1.29, 1.82) is 0 Å². The van der Waals surface area contributed by atoms with E-state index in [0.717, 1.165) is 11.3 Å². The fourth-order valence-electron chi connectivity index (χ4n) is 1.63. The van der Waals surface area contributed by atoms with E-state index in [0.29, 0.717) is 19.4 Å². The quantitative estimate of drug-likeness (QED) is 0.717. The van der Waals surface area contributed by atoms with Gasteiger partial charge in [0.2, 0.25) is 11.8 Å². The predicted molar refractivity (Wildman–Crippen MR) is 81.9 cm³/mol. The first-order valence-electron chi connectivity index (χ1n) is 7.08. The SMILES string of the molecule is Cc1ccccc1OCCCC(=O)NCC(C)(C)C(N)=O. The number of nitrogens with one attached hydrogen (secondary N) is 1. The molecule has 0 aliphatic rings. The van der Waals surface area contributed by atoms with Crippen molar-refractivity contribution in [3.05, 3.63) is 29.8 Å². The lowest BCUT2D eigenvalue weighted by molar-refractivity contribution is -0.127. The summed E-state index contributed by atoms with van der Waals surface area (Å²) in [5.41, 5.74) is 5.59. The summed E-state index contributed by atoms with van der Waals surface area (Å²) >= 11 is 0. The molecule has 0 saturated heterocycles. The molecule has 0 heterocycles. The lowest BCUT2D eigenvalue weighted by Crippen LogP contribution is -2.42. The summed E-state index contributed by atoms with van der Waals surface area (Å²) in [7, 11) is 0. The van der Waals surface area contributed by atoms with Crippen molar-refractivity contribution in [2.75, 3.05) is 13.2 Å². The molecule has 0 saturated carbocycles. The first kappa shape index (κ1) is 17.0. The third kappa shape index (κ3) is 5.85. The second kappa shape index (κ2) is 7.67. The van der Waals surface area contributed by atoms with Crippen LogP contribution in [0.3, 0.4) is 0 Å². The molecule has 0 aliphatic heterocycles. The van der Waals surface area contributed by atoms with Crippen molar-refractivity contribution in [2.24, 2.45) is 11.1 Å². The molecule has 3 N–H and O–H groups in total. The molecule has 0 aliphatic carbocycles. The number of ether oxygens (including phenoxy) is 1. The monoisotopic (exact) mass is 292 g/mol. The normalized spacial score (nSPS) is 11.0. The molecule has 0 fully saturated rings. The maximum absolute atomic E-state index is 11.7. The van der Waals surface area contributed by atoms with E-state index in [9.17, 15) is 9.59 Å². The molecule has 0 radical (unpaired) electrons. The summed E-state index contributed by atoms with van der Waals surface area (Å²) in [6.07, 6.45) is 0.984. The highest BCUT2D eigenvalue weighted by molar-refractivity contribution is 5.82. The summed E-state index contributed by atoms with van der Waals surface area (Å²) in [5.74, 6) is 0.316. The van der Waals surface area contributed by atoms with Crippen LogP contribution in [0.2, 0.25) is 0 Å². The van der Waals surface area contributed by atoms with Gasteiger partial charge in [0.15, 0.2) is 0 Å². The lowest BCUT2D eigenvalue weighted by Gasteiger charge is -2.20. The van der Waals surface area contributed by atoms with E-state index in [4.69, 9.17) is 10.5 Å². The van der Waals surface area contributed by atoms with Crippen LogP contribution in [0.1, 0.15) is 32.3 Å². The standard InChI is InChI=1S/C16H24N2O3/c1-12-7-4-5-8-13(12)21-10-6-9-14(19)18-11-16(2,3)15(17)20/h4-5,7-8H,6,9-11H2,1-3H3,(H2,17,20)(H,18,19). The Balaban J connectivity index is 2.23. The van der Waals surface area contributed by atoms with Gasteiger partial charge in [0.1, 0.15) is 5.75 Å². The van der Waals surface area contributed by atoms with Crippen LogP contribution in [0.4, 0.5) is 0 Å². The summed E-state index contributed by atoms with van der Waals surface area (Å²) in [5, 5.41) is 2.72. The fraction of sp³-hybridized carbons (Fsp3) is 0.500. The highest BCUT2D eigenvalue weighted by atomic mass is 16.5. The van der Waals surface area contributed by atoms with Crippen LogP contribution < -0.4 is 15.8 Å². The summed E-state index contributed by atoms with van der Waals surface area (Å²) in [4.78, 5) is 22.8. The number of para-hydroxylation sites is 1. The molecule has 0 atom stereocenters. The molecule has 5 nitrogen and oxygen atoms in total. The van der Waals surface area contributed by atoms with Crippen LogP contribution >= 0.6 is 0 Å². The zero-order valence-corrected chi connectivity index (χ0v) is 12.9. The van der Waals surface area contributed by atoms with Crippen molar-refractivity contribution in [3.63, 3.8) is 0 Å². The molecule has 5 heteroatoms. The minimum absolute atomic E-state index is 0.0993. The van der Waals surface area contributed by atoms with Gasteiger partial charge in [-0.05, 0) is 38.8 Å². The molecular formula is C16H24N2O3. The van der Waals surface area contributed by atoms with Crippen LogP contribution in [0.25, 0.3) is 0 Å². The van der Waals surface area contributed by atoms with E-state index in [2.05, 4.69) is 5.32 Å². The Morgan fingerprint density at radius 1 is 1.29 bits per heavy atom. The number of primary amides is 1. The van der Waals surface area contributed by atoms with Gasteiger partial charge in [-0.3, -0.25) is 9.59 Å². The number of carbonyl (C=O) groups is 2. The van der Waals surface area contributed by atoms with Crippen LogP contribution in [-0.4, -0.2) is 25.0 Å². The number of hydrogen-bond donors (Lipinski definition) is 2. The Kier molecular flexibility index (Phi) is 6.21. The van der Waals surface area contributed by atoms with Gasteiger partial charge in [-0.2, -0.15) is 0 Å². The number of benzene rings is 1. The maximum atomic E-state index is 11.7. The number of hydrogen-bond acceptors (Lipinski definition) is 3. The molecule has 21 heavy (non-hydrogen) atoms. The van der Waals surface area contributed by atoms with Crippen molar-refractivity contribution < 1.29 is 14.3 Å². The number of rotatable bonds is 8. The second-order valence-electron chi connectivity index (χ2n) is 5.74. The Bertz CT molecular complexity index is 498. The number of aryl methyl sites for hydroxylation is 1. The van der Waals surface area contributed by atoms with E-state index >= 15 is 0 Å². The largest absolute Gasteiger partial charge is 0.493 e. The van der Waals surface area contributed by atoms with E-state index in [1.807, 2.05) is 31.2 Å². The van der Waals surface area contributed by atoms with E-state index in [1.54, 1.807) is 13.8 Å². The van der Waals surface area contributed by atoms with Crippen LogP contribution in [0.15, 0.2) is 24.3 Å². The number of carbonyl (C=O) groups excluding carboxylic acids is 2. The highest BCUT2D eigenvalue weighted by Crippen LogP contribution is 2.16. The van der Waals surface area contributed by atoms with Gasteiger partial charge in [0, 0.05) is 13.0 Å². The van der Waals surface area contributed by atoms with Gasteiger partial charge in [0.05, 0.1) is 12.0 Å². The third-order valence-electron chi connectivity index (χ3n) is 3.29. The van der Waals surface area contributed by atoms with Gasteiger partial charge < -0.3 is 15.8 Å². The van der Waals surface area contributed by atoms with E-state index in [-0.39, 0.29) is 12.5 Å². The molecule has 116 valence electrons. The zero-order valence-electron chi connectivity index (χ0n) is 12.9. The van der Waals surface area contributed by atoms with Crippen LogP contribution in [-0.2, 0) is 9.59 Å². The molecule has 1 aromatic carbocycles. The topological polar surface area (TPSA) is 81.4 Å². The molecule has 0 aromatic heterocycles. The van der Waals surface area contributed by atoms with Crippen molar-refractivity contribution in [3.8, 4) is 5.75 Å². The Morgan fingerprint density at radius 2 is 1.95 bits per heavy atom. The molecular weight excluding hydrogens is 268 g/mol. The first-order valence-corrected chi connectivity index (χ1v) is 7.08. The summed E-state index contributed by atoms with van der Waals surface area (Å²) in [6.45, 7) is 6.12. The van der Waals surface area contributed by atoms with Crippen molar-refractivity contribution >= 4 is 11.8 Å². The minimum atomic E-state index is -0.729. The third-order valence-corrected chi connectivity index (χ3v) is 3.29. The number of nitrogens with two attached hydrogens (primary N) is 1. The smallest absolute Gasteiger partial charge is 0.224 e. The van der Waals surface area contributed by atoms with Gasteiger partial charge >= 0.3 is 0 Å². The molecule has 0 unspecified atom stereocenters. The minimum Gasteiger partial charge on any atom is -0.493 e. The first-order chi connectivity index (χ1) is 9.83. The van der Waals surface area contributed by atoms with Gasteiger partial charge in [-0.25, -0.2) is 0 Å². The van der Waals surface area contributed by atoms with Gasteiger partial charge in [0.25, 0.3) is 0 Å². The van der Waals surface area contributed by atoms with E-state index < -0.39 is 11.3 Å².